The summed E-state index contributed by atoms with van der Waals surface area (Å²) in [6.07, 6.45) is 5.54. The van der Waals surface area contributed by atoms with Crippen LogP contribution in [0.15, 0.2) is 24.3 Å². The van der Waals surface area contributed by atoms with E-state index in [1.165, 1.54) is 18.4 Å². The molecule has 0 bridgehead atoms. The highest BCUT2D eigenvalue weighted by Gasteiger charge is 2.54. The maximum absolute atomic E-state index is 12.4. The first-order valence-corrected chi connectivity index (χ1v) is 10.2. The van der Waals surface area contributed by atoms with Crippen molar-refractivity contribution in [1.29, 1.82) is 0 Å². The van der Waals surface area contributed by atoms with E-state index in [1.807, 2.05) is 12.1 Å². The van der Waals surface area contributed by atoms with Gasteiger partial charge in [0.15, 0.2) is 0 Å². The maximum Gasteiger partial charge on any atom is 0.222 e. The first-order chi connectivity index (χ1) is 12.0. The Morgan fingerprint density at radius 2 is 1.84 bits per heavy atom. The summed E-state index contributed by atoms with van der Waals surface area (Å²) >= 11 is 6.10. The number of hydrogen-bond acceptors (Lipinski definition) is 2. The quantitative estimate of drug-likeness (QED) is 0.788. The topological polar surface area (TPSA) is 23.6 Å². The second kappa shape index (κ2) is 6.59. The van der Waals surface area contributed by atoms with E-state index in [1.54, 1.807) is 0 Å². The first-order valence-electron chi connectivity index (χ1n) is 9.77. The fourth-order valence-corrected chi connectivity index (χ4v) is 4.91. The molecule has 136 valence electrons. The zero-order chi connectivity index (χ0) is 17.6. The number of rotatable bonds is 4. The van der Waals surface area contributed by atoms with E-state index in [-0.39, 0.29) is 0 Å². The highest BCUT2D eigenvalue weighted by atomic mass is 35.5. The van der Waals surface area contributed by atoms with Crippen molar-refractivity contribution in [3.8, 4) is 0 Å². The van der Waals surface area contributed by atoms with Crippen molar-refractivity contribution in [3.63, 3.8) is 0 Å². The first kappa shape index (κ1) is 17.4. The predicted octanol–water partition coefficient (Wildman–Crippen LogP) is 4.51. The van der Waals surface area contributed by atoms with Crippen molar-refractivity contribution in [2.75, 3.05) is 19.6 Å². The lowest BCUT2D eigenvalue weighted by Gasteiger charge is -2.62. The summed E-state index contributed by atoms with van der Waals surface area (Å²) in [4.78, 5) is 17.2. The van der Waals surface area contributed by atoms with E-state index >= 15 is 0 Å². The lowest BCUT2D eigenvalue weighted by atomic mass is 9.62. The van der Waals surface area contributed by atoms with Crippen LogP contribution in [0.1, 0.15) is 57.6 Å². The van der Waals surface area contributed by atoms with Gasteiger partial charge in [0, 0.05) is 48.6 Å². The third-order valence-corrected chi connectivity index (χ3v) is 6.78. The number of amides is 1. The van der Waals surface area contributed by atoms with Gasteiger partial charge in [0.05, 0.1) is 0 Å². The average Bonchev–Trinajstić information content (AvgIpc) is 3.39. The monoisotopic (exact) mass is 360 g/mol. The minimum absolute atomic E-state index is 0.328. The summed E-state index contributed by atoms with van der Waals surface area (Å²) < 4.78 is 0. The second-order valence-corrected chi connectivity index (χ2v) is 9.05. The molecule has 1 unspecified atom stereocenters. The number of benzene rings is 1. The van der Waals surface area contributed by atoms with Gasteiger partial charge in [-0.2, -0.15) is 0 Å². The van der Waals surface area contributed by atoms with E-state index in [2.05, 4.69) is 35.8 Å². The van der Waals surface area contributed by atoms with Crippen LogP contribution >= 0.6 is 11.6 Å². The van der Waals surface area contributed by atoms with Gasteiger partial charge in [-0.05, 0) is 63.1 Å². The van der Waals surface area contributed by atoms with E-state index in [4.69, 9.17) is 11.6 Å². The molecule has 1 spiro atoms. The molecule has 4 rings (SSSR count). The van der Waals surface area contributed by atoms with Crippen molar-refractivity contribution >= 4 is 17.5 Å². The Balaban J connectivity index is 1.47. The molecular formula is C21H29ClN2O. The van der Waals surface area contributed by atoms with Crippen LogP contribution in [-0.4, -0.2) is 41.4 Å². The molecule has 3 nitrogen and oxygen atoms in total. The number of carbonyl (C=O) groups is 1. The number of nitrogens with zero attached hydrogens (tertiary/aromatic N) is 2. The molecule has 2 aliphatic heterocycles. The van der Waals surface area contributed by atoms with Crippen molar-refractivity contribution in [2.45, 2.75) is 58.0 Å². The molecule has 4 heteroatoms. The van der Waals surface area contributed by atoms with Crippen LogP contribution in [0.4, 0.5) is 0 Å². The summed E-state index contributed by atoms with van der Waals surface area (Å²) in [6, 6.07) is 9.40. The predicted molar refractivity (Wildman–Crippen MR) is 102 cm³/mol. The highest BCUT2D eigenvalue weighted by Crippen LogP contribution is 2.55. The summed E-state index contributed by atoms with van der Waals surface area (Å²) in [5, 5.41) is 0.800. The molecule has 1 aromatic rings. The lowest BCUT2D eigenvalue weighted by Crippen LogP contribution is -2.64. The summed E-state index contributed by atoms with van der Waals surface area (Å²) in [6.45, 7) is 7.58. The fourth-order valence-electron chi connectivity index (χ4n) is 4.78. The lowest BCUT2D eigenvalue weighted by molar-refractivity contribution is -0.148. The largest absolute Gasteiger partial charge is 0.343 e. The Bertz CT molecular complexity index is 630. The number of piperidine rings is 1. The molecule has 1 amide bonds. The van der Waals surface area contributed by atoms with Gasteiger partial charge in [-0.15, -0.1) is 0 Å². The molecular weight excluding hydrogens is 332 g/mol. The molecule has 0 radical (unpaired) electrons. The van der Waals surface area contributed by atoms with Crippen LogP contribution in [0, 0.1) is 11.3 Å². The van der Waals surface area contributed by atoms with Crippen molar-refractivity contribution < 1.29 is 4.79 Å². The van der Waals surface area contributed by atoms with Gasteiger partial charge in [0.1, 0.15) is 0 Å². The second-order valence-electron chi connectivity index (χ2n) is 8.61. The molecule has 25 heavy (non-hydrogen) atoms. The van der Waals surface area contributed by atoms with Crippen molar-refractivity contribution in [2.24, 2.45) is 11.3 Å². The zero-order valence-corrected chi connectivity index (χ0v) is 16.1. The molecule has 0 N–H and O–H groups in total. The van der Waals surface area contributed by atoms with Crippen molar-refractivity contribution in [1.82, 2.24) is 9.80 Å². The van der Waals surface area contributed by atoms with E-state index in [0.717, 1.165) is 43.9 Å². The third-order valence-electron chi connectivity index (χ3n) is 6.53. The minimum Gasteiger partial charge on any atom is -0.343 e. The van der Waals surface area contributed by atoms with Gasteiger partial charge >= 0.3 is 0 Å². The molecule has 1 atom stereocenters. The number of halogens is 1. The molecule has 2 saturated heterocycles. The van der Waals surface area contributed by atoms with Gasteiger partial charge in [-0.25, -0.2) is 0 Å². The normalized spacial score (nSPS) is 26.1. The molecule has 3 fully saturated rings. The van der Waals surface area contributed by atoms with E-state index in [0.29, 0.717) is 29.3 Å². The van der Waals surface area contributed by atoms with Crippen LogP contribution in [0.5, 0.6) is 0 Å². The standard InChI is InChI=1S/C21H29ClN2O/c1-15(2)24-14-21(20(24)17-5-7-18(22)8-6-17)9-11-23(12-10-21)19(25)13-16-3-4-16/h5-8,15-16,20H,3-4,9-14H2,1-2H3. The number of hydrogen-bond donors (Lipinski definition) is 0. The Hall–Kier alpha value is -1.06. The number of likely N-dealkylation sites (tertiary alicyclic amines) is 2. The smallest absolute Gasteiger partial charge is 0.222 e. The summed E-state index contributed by atoms with van der Waals surface area (Å²) in [5.41, 5.74) is 1.70. The van der Waals surface area contributed by atoms with Crippen LogP contribution in [-0.2, 0) is 4.79 Å². The van der Waals surface area contributed by atoms with Gasteiger partial charge in [-0.1, -0.05) is 23.7 Å². The van der Waals surface area contributed by atoms with Gasteiger partial charge < -0.3 is 4.90 Å². The average molecular weight is 361 g/mol. The minimum atomic E-state index is 0.328. The fraction of sp³-hybridized carbons (Fsp3) is 0.667. The van der Waals surface area contributed by atoms with E-state index in [9.17, 15) is 4.79 Å². The Morgan fingerprint density at radius 1 is 1.20 bits per heavy atom. The highest BCUT2D eigenvalue weighted by molar-refractivity contribution is 6.30. The van der Waals surface area contributed by atoms with Crippen LogP contribution < -0.4 is 0 Å². The molecule has 1 aromatic carbocycles. The Morgan fingerprint density at radius 3 is 2.40 bits per heavy atom. The third kappa shape index (κ3) is 3.33. The molecule has 1 saturated carbocycles. The van der Waals surface area contributed by atoms with Crippen LogP contribution in [0.3, 0.4) is 0 Å². The van der Waals surface area contributed by atoms with Gasteiger partial charge in [-0.3, -0.25) is 9.69 Å². The Kier molecular flexibility index (Phi) is 4.57. The maximum atomic E-state index is 12.4. The molecule has 2 heterocycles. The van der Waals surface area contributed by atoms with Gasteiger partial charge in [0.2, 0.25) is 5.91 Å². The zero-order valence-electron chi connectivity index (χ0n) is 15.4. The van der Waals surface area contributed by atoms with Crippen LogP contribution in [0.25, 0.3) is 0 Å². The number of carbonyl (C=O) groups excluding carboxylic acids is 1. The summed E-state index contributed by atoms with van der Waals surface area (Å²) in [7, 11) is 0. The van der Waals surface area contributed by atoms with Crippen LogP contribution in [0.2, 0.25) is 5.02 Å². The van der Waals surface area contributed by atoms with E-state index < -0.39 is 0 Å². The Labute approximate surface area is 156 Å². The molecule has 1 aliphatic carbocycles. The van der Waals surface area contributed by atoms with Gasteiger partial charge in [0.25, 0.3) is 0 Å². The molecule has 0 aromatic heterocycles. The molecule has 3 aliphatic rings. The SMILES string of the molecule is CC(C)N1CC2(CCN(C(=O)CC3CC3)CC2)C1c1ccc(Cl)cc1. The van der Waals surface area contributed by atoms with Crippen molar-refractivity contribution in [3.05, 3.63) is 34.9 Å². The summed E-state index contributed by atoms with van der Waals surface area (Å²) in [5.74, 6) is 1.07.